The van der Waals surface area contributed by atoms with Crippen LogP contribution in [0.4, 0.5) is 0 Å². The van der Waals surface area contributed by atoms with E-state index < -0.39 is 0 Å². The number of carbonyl (C=O) groups excluding carboxylic acids is 1. The Morgan fingerprint density at radius 3 is 3.00 bits per heavy atom. The minimum atomic E-state index is -0.146. The van der Waals surface area contributed by atoms with Crippen molar-refractivity contribution >= 4 is 22.4 Å². The molecule has 0 spiro atoms. The molecule has 2 aliphatic rings. The van der Waals surface area contributed by atoms with Gasteiger partial charge in [0.1, 0.15) is 0 Å². The van der Waals surface area contributed by atoms with E-state index in [2.05, 4.69) is 23.0 Å². The fraction of sp³-hybridized carbons (Fsp3) is 0.450. The molecule has 1 aromatic heterocycles. The molecule has 24 heavy (non-hydrogen) atoms. The van der Waals surface area contributed by atoms with Gasteiger partial charge in [-0.05, 0) is 50.1 Å². The molecule has 4 heteroatoms. The second-order valence-corrected chi connectivity index (χ2v) is 6.77. The van der Waals surface area contributed by atoms with E-state index >= 15 is 0 Å². The van der Waals surface area contributed by atoms with Gasteiger partial charge < -0.3 is 9.88 Å². The Morgan fingerprint density at radius 2 is 2.25 bits per heavy atom. The van der Waals surface area contributed by atoms with Crippen molar-refractivity contribution in [3.8, 4) is 0 Å². The Hall–Kier alpha value is -2.07. The molecule has 2 aromatic rings. The number of nitrogens with one attached hydrogen (secondary N) is 1. The SMILES string of the molecule is [2H]c1[nH]c2c([2H])ccc3c2c1C[C@@H]1C3=C[C@@H](C(=O)N(CC)CC)CN1C. The molecule has 1 aliphatic heterocycles. The molecule has 1 aromatic carbocycles. The van der Waals surface area contributed by atoms with Crippen LogP contribution in [0.25, 0.3) is 16.5 Å². The molecule has 2 heterocycles. The number of hydrogen-bond donors (Lipinski definition) is 1. The maximum absolute atomic E-state index is 12.9. The van der Waals surface area contributed by atoms with Crippen molar-refractivity contribution < 1.29 is 7.54 Å². The molecule has 0 bridgehead atoms. The summed E-state index contributed by atoms with van der Waals surface area (Å²) in [4.78, 5) is 20.1. The number of H-pyrrole nitrogens is 1. The standard InChI is InChI=1S/C20H25N3O/c1-4-23(5-2)20(24)14-9-16-15-7-6-8-17-19(15)13(11-21-17)10-18(16)22(3)12-14/h6-9,11,14,18,21H,4-5,10,12H2,1-3H3/t14-,18-/m1/s1/i8D,11D. The molecule has 0 unspecified atom stereocenters. The smallest absolute Gasteiger partial charge is 0.230 e. The topological polar surface area (TPSA) is 39.3 Å². The molecule has 126 valence electrons. The van der Waals surface area contributed by atoms with Crippen LogP contribution in [0.2, 0.25) is 0 Å². The van der Waals surface area contributed by atoms with E-state index in [-0.39, 0.29) is 17.9 Å². The molecular formula is C20H25N3O. The summed E-state index contributed by atoms with van der Waals surface area (Å²) in [6.45, 7) is 6.19. The fourth-order valence-corrected chi connectivity index (χ4v) is 4.21. The van der Waals surface area contributed by atoms with Gasteiger partial charge in [-0.3, -0.25) is 9.69 Å². The lowest BCUT2D eigenvalue weighted by molar-refractivity contribution is -0.134. The van der Waals surface area contributed by atoms with Gasteiger partial charge in [-0.15, -0.1) is 0 Å². The van der Waals surface area contributed by atoms with Crippen molar-refractivity contribution in [1.29, 1.82) is 0 Å². The summed E-state index contributed by atoms with van der Waals surface area (Å²) < 4.78 is 16.4. The zero-order chi connectivity index (χ0) is 18.6. The number of aromatic amines is 1. The maximum atomic E-state index is 12.9. The van der Waals surface area contributed by atoms with Gasteiger partial charge >= 0.3 is 0 Å². The number of carbonyl (C=O) groups is 1. The second kappa shape index (κ2) is 5.78. The van der Waals surface area contributed by atoms with Crippen LogP contribution in [0.15, 0.2) is 30.4 Å². The summed E-state index contributed by atoms with van der Waals surface area (Å²) in [7, 11) is 2.07. The third kappa shape index (κ3) is 2.20. The predicted molar refractivity (Wildman–Crippen MR) is 97.8 cm³/mol. The van der Waals surface area contributed by atoms with E-state index in [1.54, 1.807) is 6.07 Å². The van der Waals surface area contributed by atoms with Gasteiger partial charge in [0, 0.05) is 42.8 Å². The van der Waals surface area contributed by atoms with E-state index in [0.29, 0.717) is 18.8 Å². The zero-order valence-electron chi connectivity index (χ0n) is 16.5. The van der Waals surface area contributed by atoms with Crippen molar-refractivity contribution in [3.05, 3.63) is 41.6 Å². The highest BCUT2D eigenvalue weighted by molar-refractivity contribution is 5.99. The molecular weight excluding hydrogens is 298 g/mol. The Balaban J connectivity index is 1.85. The van der Waals surface area contributed by atoms with E-state index in [4.69, 9.17) is 2.74 Å². The number of amides is 1. The van der Waals surface area contributed by atoms with Crippen LogP contribution >= 0.6 is 0 Å². The Kier molecular flexibility index (Phi) is 3.19. The largest absolute Gasteiger partial charge is 0.361 e. The van der Waals surface area contributed by atoms with Crippen LogP contribution in [-0.4, -0.2) is 53.4 Å². The lowest BCUT2D eigenvalue weighted by Gasteiger charge is -2.40. The van der Waals surface area contributed by atoms with Gasteiger partial charge in [-0.2, -0.15) is 0 Å². The Bertz CT molecular complexity index is 913. The monoisotopic (exact) mass is 325 g/mol. The third-order valence-corrected chi connectivity index (χ3v) is 5.49. The van der Waals surface area contributed by atoms with E-state index in [1.165, 1.54) is 5.57 Å². The van der Waals surface area contributed by atoms with E-state index in [1.807, 2.05) is 24.8 Å². The third-order valence-electron chi connectivity index (χ3n) is 5.49. The van der Waals surface area contributed by atoms with Crippen molar-refractivity contribution in [2.24, 2.45) is 5.92 Å². The number of hydrogen-bond acceptors (Lipinski definition) is 2. The fourth-order valence-electron chi connectivity index (χ4n) is 4.21. The summed E-state index contributed by atoms with van der Waals surface area (Å²) >= 11 is 0. The second-order valence-electron chi connectivity index (χ2n) is 6.77. The number of likely N-dealkylation sites (N-methyl/N-ethyl adjacent to an activating group) is 1. The van der Waals surface area contributed by atoms with Crippen LogP contribution < -0.4 is 0 Å². The first-order chi connectivity index (χ1) is 12.5. The normalized spacial score (nSPS) is 24.2. The minimum Gasteiger partial charge on any atom is -0.361 e. The highest BCUT2D eigenvalue weighted by Gasteiger charge is 2.36. The lowest BCUT2D eigenvalue weighted by Crippen LogP contribution is -2.47. The molecule has 4 rings (SSSR count). The van der Waals surface area contributed by atoms with Crippen LogP contribution in [0.1, 0.15) is 27.7 Å². The van der Waals surface area contributed by atoms with Crippen molar-refractivity contribution in [1.82, 2.24) is 14.8 Å². The van der Waals surface area contributed by atoms with Crippen molar-refractivity contribution in [2.45, 2.75) is 26.3 Å². The van der Waals surface area contributed by atoms with Crippen LogP contribution in [0.5, 0.6) is 0 Å². The Morgan fingerprint density at radius 1 is 1.46 bits per heavy atom. The van der Waals surface area contributed by atoms with E-state index in [9.17, 15) is 4.79 Å². The summed E-state index contributed by atoms with van der Waals surface area (Å²) in [5, 5.41) is 0.995. The molecule has 0 saturated heterocycles. The van der Waals surface area contributed by atoms with Gasteiger partial charge in [0.05, 0.1) is 8.66 Å². The molecule has 0 radical (unpaired) electrons. The minimum absolute atomic E-state index is 0.146. The number of nitrogens with zero attached hydrogens (tertiary/aromatic N) is 2. The average Bonchev–Trinajstić information content (AvgIpc) is 2.97. The molecule has 1 aliphatic carbocycles. The zero-order valence-corrected chi connectivity index (χ0v) is 14.5. The van der Waals surface area contributed by atoms with Gasteiger partial charge in [-0.1, -0.05) is 18.2 Å². The first kappa shape index (κ1) is 13.2. The Labute approximate surface area is 145 Å². The molecule has 4 nitrogen and oxygen atoms in total. The highest BCUT2D eigenvalue weighted by atomic mass is 16.2. The van der Waals surface area contributed by atoms with Gasteiger partial charge in [-0.25, -0.2) is 0 Å². The molecule has 0 fully saturated rings. The summed E-state index contributed by atoms with van der Waals surface area (Å²) in [6, 6.07) is 4.37. The van der Waals surface area contributed by atoms with Crippen LogP contribution in [0.3, 0.4) is 0 Å². The molecule has 2 atom stereocenters. The predicted octanol–water partition coefficient (Wildman–Crippen LogP) is 2.91. The number of aromatic nitrogens is 1. The van der Waals surface area contributed by atoms with E-state index in [0.717, 1.165) is 41.5 Å². The molecule has 0 saturated carbocycles. The summed E-state index contributed by atoms with van der Waals surface area (Å²) in [5.41, 5.74) is 3.97. The summed E-state index contributed by atoms with van der Waals surface area (Å²) in [6.07, 6.45) is 3.31. The van der Waals surface area contributed by atoms with Gasteiger partial charge in [0.15, 0.2) is 0 Å². The van der Waals surface area contributed by atoms with Crippen molar-refractivity contribution in [3.63, 3.8) is 0 Å². The van der Waals surface area contributed by atoms with Crippen LogP contribution in [-0.2, 0) is 11.2 Å². The number of benzene rings is 1. The van der Waals surface area contributed by atoms with Crippen molar-refractivity contribution in [2.75, 3.05) is 26.7 Å². The maximum Gasteiger partial charge on any atom is 0.230 e. The van der Waals surface area contributed by atoms with Crippen LogP contribution in [0, 0.1) is 5.92 Å². The molecule has 1 amide bonds. The molecule has 1 N–H and O–H groups in total. The lowest BCUT2D eigenvalue weighted by atomic mass is 9.79. The first-order valence-corrected chi connectivity index (χ1v) is 8.78. The summed E-state index contributed by atoms with van der Waals surface area (Å²) in [5.74, 6) is 0.0371. The number of rotatable bonds is 3. The average molecular weight is 325 g/mol. The first-order valence-electron chi connectivity index (χ1n) is 9.78. The quantitative estimate of drug-likeness (QED) is 0.942. The van der Waals surface area contributed by atoms with Gasteiger partial charge in [0.2, 0.25) is 5.91 Å². The van der Waals surface area contributed by atoms with Gasteiger partial charge in [0.25, 0.3) is 0 Å². The number of fused-ring (bicyclic) bond motifs is 2. The highest BCUT2D eigenvalue weighted by Crippen LogP contribution is 2.40.